The van der Waals surface area contributed by atoms with Gasteiger partial charge in [-0.05, 0) is 6.92 Å². The van der Waals surface area contributed by atoms with E-state index in [1.165, 1.54) is 0 Å². The lowest BCUT2D eigenvalue weighted by atomic mass is 10.2. The van der Waals surface area contributed by atoms with E-state index in [9.17, 15) is 14.0 Å². The largest absolute Gasteiger partial charge is 0.474 e. The van der Waals surface area contributed by atoms with Crippen LogP contribution in [0.4, 0.5) is 4.39 Å². The number of esters is 1. The highest BCUT2D eigenvalue weighted by molar-refractivity contribution is 5.91. The molecule has 0 rings (SSSR count). The number of carbonyl (C=O) groups excluding carboxylic acids is 2. The third kappa shape index (κ3) is 3.68. The summed E-state index contributed by atoms with van der Waals surface area (Å²) in [7, 11) is 1.07. The molecule has 0 heterocycles. The lowest BCUT2D eigenvalue weighted by molar-refractivity contribution is -0.139. The molecular weight excluding hydrogens is 179 g/mol. The monoisotopic (exact) mass is 190 g/mol. The fraction of sp³-hybridized carbons (Fsp3) is 0.500. The molecule has 0 N–H and O–H groups in total. The summed E-state index contributed by atoms with van der Waals surface area (Å²) in [6.07, 6.45) is 0.0589. The maximum absolute atomic E-state index is 12.8. The number of halogens is 1. The lowest BCUT2D eigenvalue weighted by Gasteiger charge is -2.04. The van der Waals surface area contributed by atoms with Gasteiger partial charge >= 0.3 is 5.97 Å². The van der Waals surface area contributed by atoms with Gasteiger partial charge < -0.3 is 14.3 Å². The number of rotatable bonds is 5. The molecule has 0 bridgehead atoms. The first-order chi connectivity index (χ1) is 6.17. The maximum atomic E-state index is 12.8. The van der Waals surface area contributed by atoms with Crippen molar-refractivity contribution in [1.29, 1.82) is 0 Å². The van der Waals surface area contributed by atoms with Gasteiger partial charge in [0.1, 0.15) is 11.9 Å². The molecule has 0 radical (unpaired) electrons. The molecule has 0 aliphatic rings. The van der Waals surface area contributed by atoms with E-state index in [4.69, 9.17) is 0 Å². The van der Waals surface area contributed by atoms with E-state index >= 15 is 0 Å². The standard InChI is InChI=1S/C8H11FO4/c1-3-13-8(11)6(4-5-10)7(9)12-2/h5H,3-4H2,1-2H3/b7-6-. The SMILES string of the molecule is CCOC(=O)/C(CC=O)=C(/F)OC. The molecule has 0 unspecified atom stereocenters. The van der Waals surface area contributed by atoms with E-state index in [1.54, 1.807) is 6.92 Å². The van der Waals surface area contributed by atoms with Gasteiger partial charge in [-0.15, -0.1) is 0 Å². The van der Waals surface area contributed by atoms with Crippen LogP contribution in [0.25, 0.3) is 0 Å². The van der Waals surface area contributed by atoms with E-state index in [-0.39, 0.29) is 18.6 Å². The number of carbonyl (C=O) groups is 2. The Morgan fingerprint density at radius 1 is 1.54 bits per heavy atom. The van der Waals surface area contributed by atoms with Crippen LogP contribution in [0.2, 0.25) is 0 Å². The molecule has 0 spiro atoms. The third-order valence-electron chi connectivity index (χ3n) is 1.23. The molecule has 0 amide bonds. The number of methoxy groups -OCH3 is 1. The Labute approximate surface area is 75.3 Å². The summed E-state index contributed by atoms with van der Waals surface area (Å²) in [5.41, 5.74) is -0.389. The zero-order chi connectivity index (χ0) is 10.3. The van der Waals surface area contributed by atoms with Gasteiger partial charge in [-0.1, -0.05) is 0 Å². The Hall–Kier alpha value is -1.39. The molecule has 0 aromatic heterocycles. The fourth-order valence-corrected chi connectivity index (χ4v) is 0.669. The van der Waals surface area contributed by atoms with Gasteiger partial charge in [-0.3, -0.25) is 0 Å². The normalized spacial score (nSPS) is 11.6. The molecular formula is C8H11FO4. The summed E-state index contributed by atoms with van der Waals surface area (Å²) in [4.78, 5) is 21.1. The van der Waals surface area contributed by atoms with Crippen LogP contribution in [0.15, 0.2) is 11.6 Å². The van der Waals surface area contributed by atoms with Crippen LogP contribution in [0.5, 0.6) is 0 Å². The van der Waals surface area contributed by atoms with E-state index in [0.717, 1.165) is 7.11 Å². The Morgan fingerprint density at radius 3 is 2.54 bits per heavy atom. The highest BCUT2D eigenvalue weighted by atomic mass is 19.1. The van der Waals surface area contributed by atoms with Crippen molar-refractivity contribution in [2.24, 2.45) is 0 Å². The molecule has 0 atom stereocenters. The summed E-state index contributed by atoms with van der Waals surface area (Å²) >= 11 is 0. The van der Waals surface area contributed by atoms with Crippen LogP contribution >= 0.6 is 0 Å². The van der Waals surface area contributed by atoms with Crippen molar-refractivity contribution in [2.45, 2.75) is 13.3 Å². The third-order valence-corrected chi connectivity index (χ3v) is 1.23. The molecule has 0 aliphatic carbocycles. The Bertz CT molecular complexity index is 222. The first-order valence-corrected chi connectivity index (χ1v) is 3.70. The van der Waals surface area contributed by atoms with Crippen molar-refractivity contribution in [2.75, 3.05) is 13.7 Å². The van der Waals surface area contributed by atoms with Crippen molar-refractivity contribution in [1.82, 2.24) is 0 Å². The highest BCUT2D eigenvalue weighted by Crippen LogP contribution is 2.11. The van der Waals surface area contributed by atoms with Crippen molar-refractivity contribution in [3.8, 4) is 0 Å². The van der Waals surface area contributed by atoms with Crippen LogP contribution in [-0.4, -0.2) is 26.0 Å². The molecule has 4 nitrogen and oxygen atoms in total. The molecule has 5 heteroatoms. The van der Waals surface area contributed by atoms with Crippen LogP contribution in [0.1, 0.15) is 13.3 Å². The topological polar surface area (TPSA) is 52.6 Å². The zero-order valence-electron chi connectivity index (χ0n) is 7.50. The smallest absolute Gasteiger partial charge is 0.340 e. The Kier molecular flexibility index (Phi) is 5.50. The van der Waals surface area contributed by atoms with E-state index in [0.29, 0.717) is 6.29 Å². The number of hydrogen-bond acceptors (Lipinski definition) is 4. The zero-order valence-corrected chi connectivity index (χ0v) is 7.50. The fourth-order valence-electron chi connectivity index (χ4n) is 0.669. The van der Waals surface area contributed by atoms with E-state index in [1.807, 2.05) is 0 Å². The van der Waals surface area contributed by atoms with Gasteiger partial charge in [0.2, 0.25) is 0 Å². The van der Waals surface area contributed by atoms with Crippen LogP contribution in [0.3, 0.4) is 0 Å². The van der Waals surface area contributed by atoms with Crippen molar-refractivity contribution in [3.05, 3.63) is 11.6 Å². The first-order valence-electron chi connectivity index (χ1n) is 3.70. The predicted molar refractivity (Wildman–Crippen MR) is 42.5 cm³/mol. The minimum Gasteiger partial charge on any atom is -0.474 e. The number of aldehydes is 1. The molecule has 74 valence electrons. The van der Waals surface area contributed by atoms with Gasteiger partial charge in [0, 0.05) is 6.42 Å². The predicted octanol–water partition coefficient (Wildman–Crippen LogP) is 0.966. The van der Waals surface area contributed by atoms with Gasteiger partial charge in [0.15, 0.2) is 0 Å². The molecule has 0 aromatic rings. The molecule has 0 fully saturated rings. The van der Waals surface area contributed by atoms with Crippen molar-refractivity contribution < 1.29 is 23.5 Å². The minimum atomic E-state index is -1.08. The average Bonchev–Trinajstić information content (AvgIpc) is 2.13. The minimum absolute atomic E-state index is 0.123. The number of hydrogen-bond donors (Lipinski definition) is 0. The quantitative estimate of drug-likeness (QED) is 0.280. The van der Waals surface area contributed by atoms with E-state index in [2.05, 4.69) is 9.47 Å². The Morgan fingerprint density at radius 2 is 2.15 bits per heavy atom. The molecule has 13 heavy (non-hydrogen) atoms. The van der Waals surface area contributed by atoms with Gasteiger partial charge in [0.05, 0.1) is 13.7 Å². The van der Waals surface area contributed by atoms with Crippen LogP contribution < -0.4 is 0 Å². The van der Waals surface area contributed by atoms with Crippen LogP contribution in [0, 0.1) is 0 Å². The summed E-state index contributed by atoms with van der Waals surface area (Å²) in [6, 6.07) is -1.08. The highest BCUT2D eigenvalue weighted by Gasteiger charge is 2.17. The van der Waals surface area contributed by atoms with E-state index < -0.39 is 12.0 Å². The van der Waals surface area contributed by atoms with Gasteiger partial charge in [-0.25, -0.2) is 4.79 Å². The maximum Gasteiger partial charge on any atom is 0.340 e. The van der Waals surface area contributed by atoms with Gasteiger partial charge in [0.25, 0.3) is 6.01 Å². The van der Waals surface area contributed by atoms with Gasteiger partial charge in [-0.2, -0.15) is 4.39 Å². The van der Waals surface area contributed by atoms with Crippen molar-refractivity contribution in [3.63, 3.8) is 0 Å². The molecule has 0 saturated heterocycles. The lowest BCUT2D eigenvalue weighted by Crippen LogP contribution is -2.10. The van der Waals surface area contributed by atoms with Crippen molar-refractivity contribution >= 4 is 12.3 Å². The summed E-state index contributed by atoms with van der Waals surface area (Å²) in [5.74, 6) is -0.867. The second-order valence-corrected chi connectivity index (χ2v) is 2.05. The summed E-state index contributed by atoms with van der Waals surface area (Å²) in [6.45, 7) is 1.71. The first kappa shape index (κ1) is 11.6. The number of ether oxygens (including phenoxy) is 2. The second-order valence-electron chi connectivity index (χ2n) is 2.05. The van der Waals surface area contributed by atoms with Crippen LogP contribution in [-0.2, 0) is 19.1 Å². The average molecular weight is 190 g/mol. The Balaban J connectivity index is 4.59. The summed E-state index contributed by atoms with van der Waals surface area (Å²) < 4.78 is 21.4. The molecule has 0 aromatic carbocycles. The molecule has 0 saturated carbocycles. The summed E-state index contributed by atoms with van der Waals surface area (Å²) in [5, 5.41) is 0. The molecule has 0 aliphatic heterocycles. The second kappa shape index (κ2) is 6.16.